The molecule has 3 nitrogen and oxygen atoms in total. The lowest BCUT2D eigenvalue weighted by Gasteiger charge is -2.22. The first-order valence-corrected chi connectivity index (χ1v) is 7.03. The molecule has 18 heavy (non-hydrogen) atoms. The molecule has 96 valence electrons. The second-order valence-corrected chi connectivity index (χ2v) is 5.63. The molecule has 2 aromatic heterocycles. The summed E-state index contributed by atoms with van der Waals surface area (Å²) in [6.45, 7) is 5.31. The number of nitrogens with zero attached hydrogens (tertiary/aromatic N) is 3. The zero-order chi connectivity index (χ0) is 12.5. The molecule has 2 heterocycles. The lowest BCUT2D eigenvalue weighted by atomic mass is 9.89. The van der Waals surface area contributed by atoms with Crippen molar-refractivity contribution in [3.8, 4) is 0 Å². The van der Waals surface area contributed by atoms with Crippen molar-refractivity contribution >= 4 is 11.2 Å². The monoisotopic (exact) mass is 243 g/mol. The van der Waals surface area contributed by atoms with Crippen molar-refractivity contribution in [1.82, 2.24) is 14.5 Å². The van der Waals surface area contributed by atoms with Gasteiger partial charge in [-0.1, -0.05) is 19.3 Å². The van der Waals surface area contributed by atoms with Gasteiger partial charge in [-0.15, -0.1) is 0 Å². The number of hydrogen-bond acceptors (Lipinski definition) is 2. The zero-order valence-electron chi connectivity index (χ0n) is 11.3. The Morgan fingerprint density at radius 2 is 2.00 bits per heavy atom. The van der Waals surface area contributed by atoms with E-state index in [9.17, 15) is 0 Å². The third-order valence-corrected chi connectivity index (χ3v) is 4.10. The quantitative estimate of drug-likeness (QED) is 0.806. The number of aryl methyl sites for hydroxylation is 2. The van der Waals surface area contributed by atoms with E-state index in [1.807, 2.05) is 6.20 Å². The first-order valence-electron chi connectivity index (χ1n) is 7.03. The Hall–Kier alpha value is -1.38. The Morgan fingerprint density at radius 1 is 1.22 bits per heavy atom. The highest BCUT2D eigenvalue weighted by Gasteiger charge is 2.17. The first-order chi connectivity index (χ1) is 8.74. The van der Waals surface area contributed by atoms with Gasteiger partial charge in [-0.25, -0.2) is 9.97 Å². The number of hydrogen-bond donors (Lipinski definition) is 0. The molecule has 1 aliphatic rings. The van der Waals surface area contributed by atoms with Crippen LogP contribution in [0.4, 0.5) is 0 Å². The highest BCUT2D eigenvalue weighted by atomic mass is 15.1. The van der Waals surface area contributed by atoms with E-state index in [2.05, 4.69) is 34.4 Å². The molecule has 0 spiro atoms. The molecule has 1 saturated carbocycles. The predicted octanol–water partition coefficient (Wildman–Crippen LogP) is 3.63. The van der Waals surface area contributed by atoms with Crippen LogP contribution >= 0.6 is 0 Å². The van der Waals surface area contributed by atoms with E-state index < -0.39 is 0 Å². The van der Waals surface area contributed by atoms with Crippen LogP contribution in [0.5, 0.6) is 0 Å². The minimum Gasteiger partial charge on any atom is -0.327 e. The predicted molar refractivity (Wildman–Crippen MR) is 73.6 cm³/mol. The number of imidazole rings is 1. The Bertz CT molecular complexity index is 550. The van der Waals surface area contributed by atoms with Crippen LogP contribution in [0, 0.1) is 19.8 Å². The molecular weight excluding hydrogens is 222 g/mol. The van der Waals surface area contributed by atoms with Gasteiger partial charge in [0.1, 0.15) is 5.82 Å². The van der Waals surface area contributed by atoms with E-state index in [0.29, 0.717) is 0 Å². The van der Waals surface area contributed by atoms with Gasteiger partial charge in [-0.2, -0.15) is 0 Å². The van der Waals surface area contributed by atoms with Crippen LogP contribution in [0.25, 0.3) is 11.2 Å². The van der Waals surface area contributed by atoms with Crippen LogP contribution in [-0.4, -0.2) is 14.5 Å². The standard InChI is InChI=1S/C15H21N3/c1-11-8-14-15(16-9-11)17-12(2)18(14)10-13-6-4-3-5-7-13/h8-9,13H,3-7,10H2,1-2H3. The van der Waals surface area contributed by atoms with Crippen LogP contribution in [0.2, 0.25) is 0 Å². The fraction of sp³-hybridized carbons (Fsp3) is 0.600. The minimum atomic E-state index is 0.829. The SMILES string of the molecule is Cc1cnc2nc(C)n(CC3CCCCC3)c2c1. The number of aromatic nitrogens is 3. The van der Waals surface area contributed by atoms with Crippen LogP contribution in [0.1, 0.15) is 43.5 Å². The molecule has 0 unspecified atom stereocenters. The van der Waals surface area contributed by atoms with Crippen molar-refractivity contribution in [2.45, 2.75) is 52.5 Å². The lowest BCUT2D eigenvalue weighted by Crippen LogP contribution is -2.15. The average Bonchev–Trinajstić information content (AvgIpc) is 2.67. The summed E-state index contributed by atoms with van der Waals surface area (Å²) >= 11 is 0. The highest BCUT2D eigenvalue weighted by Crippen LogP contribution is 2.27. The maximum atomic E-state index is 4.57. The van der Waals surface area contributed by atoms with Crippen molar-refractivity contribution < 1.29 is 0 Å². The van der Waals surface area contributed by atoms with Gasteiger partial charge in [0.15, 0.2) is 5.65 Å². The van der Waals surface area contributed by atoms with Gasteiger partial charge in [-0.05, 0) is 44.2 Å². The molecule has 3 rings (SSSR count). The van der Waals surface area contributed by atoms with Crippen molar-refractivity contribution in [2.24, 2.45) is 5.92 Å². The molecule has 3 heteroatoms. The second kappa shape index (κ2) is 4.71. The van der Waals surface area contributed by atoms with Gasteiger partial charge < -0.3 is 4.57 Å². The van der Waals surface area contributed by atoms with Crippen LogP contribution in [0.3, 0.4) is 0 Å². The fourth-order valence-corrected chi connectivity index (χ4v) is 3.08. The Balaban J connectivity index is 1.94. The molecule has 1 aliphatic carbocycles. The first kappa shape index (κ1) is 11.7. The van der Waals surface area contributed by atoms with Crippen LogP contribution in [0.15, 0.2) is 12.3 Å². The topological polar surface area (TPSA) is 30.7 Å². The van der Waals surface area contributed by atoms with E-state index in [0.717, 1.165) is 23.9 Å². The maximum absolute atomic E-state index is 4.57. The van der Waals surface area contributed by atoms with Crippen LogP contribution < -0.4 is 0 Å². The van der Waals surface area contributed by atoms with Gasteiger partial charge >= 0.3 is 0 Å². The number of rotatable bonds is 2. The van der Waals surface area contributed by atoms with Crippen molar-refractivity contribution in [3.05, 3.63) is 23.7 Å². The number of pyridine rings is 1. The molecule has 0 radical (unpaired) electrons. The third kappa shape index (κ3) is 2.14. The molecule has 0 N–H and O–H groups in total. The van der Waals surface area contributed by atoms with Crippen molar-refractivity contribution in [3.63, 3.8) is 0 Å². The molecule has 2 aromatic rings. The summed E-state index contributed by atoms with van der Waals surface area (Å²) in [5.41, 5.74) is 3.32. The van der Waals surface area contributed by atoms with Crippen molar-refractivity contribution in [2.75, 3.05) is 0 Å². The summed E-state index contributed by atoms with van der Waals surface area (Å²) in [4.78, 5) is 8.99. The summed E-state index contributed by atoms with van der Waals surface area (Å²) in [5, 5.41) is 0. The Labute approximate surface area is 108 Å². The zero-order valence-corrected chi connectivity index (χ0v) is 11.3. The molecule has 0 saturated heterocycles. The normalized spacial score (nSPS) is 17.4. The van der Waals surface area contributed by atoms with E-state index in [1.165, 1.54) is 43.2 Å². The lowest BCUT2D eigenvalue weighted by molar-refractivity contribution is 0.320. The minimum absolute atomic E-state index is 0.829. The highest BCUT2D eigenvalue weighted by molar-refractivity contribution is 5.72. The average molecular weight is 243 g/mol. The Kier molecular flexibility index (Phi) is 3.06. The maximum Gasteiger partial charge on any atom is 0.177 e. The van der Waals surface area contributed by atoms with Gasteiger partial charge in [0.25, 0.3) is 0 Å². The van der Waals surface area contributed by atoms with Gasteiger partial charge in [0.2, 0.25) is 0 Å². The molecule has 0 atom stereocenters. The van der Waals surface area contributed by atoms with Gasteiger partial charge in [0, 0.05) is 12.7 Å². The summed E-state index contributed by atoms with van der Waals surface area (Å²) < 4.78 is 2.37. The third-order valence-electron chi connectivity index (χ3n) is 4.10. The second-order valence-electron chi connectivity index (χ2n) is 5.63. The molecule has 0 aromatic carbocycles. The molecule has 0 aliphatic heterocycles. The van der Waals surface area contributed by atoms with Gasteiger partial charge in [-0.3, -0.25) is 0 Å². The van der Waals surface area contributed by atoms with Crippen molar-refractivity contribution in [1.29, 1.82) is 0 Å². The summed E-state index contributed by atoms with van der Waals surface area (Å²) in [5.74, 6) is 1.93. The fourth-order valence-electron chi connectivity index (χ4n) is 3.08. The van der Waals surface area contributed by atoms with E-state index in [-0.39, 0.29) is 0 Å². The Morgan fingerprint density at radius 3 is 2.78 bits per heavy atom. The smallest absolute Gasteiger partial charge is 0.177 e. The number of fused-ring (bicyclic) bond motifs is 1. The van der Waals surface area contributed by atoms with E-state index >= 15 is 0 Å². The summed E-state index contributed by atoms with van der Waals surface area (Å²) in [6, 6.07) is 2.21. The summed E-state index contributed by atoms with van der Waals surface area (Å²) in [6.07, 6.45) is 8.86. The summed E-state index contributed by atoms with van der Waals surface area (Å²) in [7, 11) is 0. The molecule has 0 amide bonds. The van der Waals surface area contributed by atoms with E-state index in [1.54, 1.807) is 0 Å². The largest absolute Gasteiger partial charge is 0.327 e. The molecular formula is C15H21N3. The van der Waals surface area contributed by atoms with Gasteiger partial charge in [0.05, 0.1) is 5.52 Å². The van der Waals surface area contributed by atoms with E-state index in [4.69, 9.17) is 0 Å². The van der Waals surface area contributed by atoms with Crippen LogP contribution in [-0.2, 0) is 6.54 Å². The molecule has 1 fully saturated rings. The molecule has 0 bridgehead atoms.